The predicted octanol–water partition coefficient (Wildman–Crippen LogP) is 0.829. The van der Waals surface area contributed by atoms with Gasteiger partial charge >= 0.3 is 0 Å². The highest BCUT2D eigenvalue weighted by Gasteiger charge is 2.10. The number of rotatable bonds is 5. The lowest BCUT2D eigenvalue weighted by molar-refractivity contribution is 0.0923. The molecule has 3 N–H and O–H groups in total. The Labute approximate surface area is 88.6 Å². The molecule has 2 atom stereocenters. The number of aliphatic hydroxyl groups excluding tert-OH is 2. The van der Waals surface area contributed by atoms with Crippen molar-refractivity contribution in [3.8, 4) is 0 Å². The van der Waals surface area contributed by atoms with Gasteiger partial charge in [0.1, 0.15) is 5.82 Å². The molecule has 15 heavy (non-hydrogen) atoms. The summed E-state index contributed by atoms with van der Waals surface area (Å²) in [6, 6.07) is 6.30. The molecule has 0 aliphatic rings. The molecule has 84 valence electrons. The number of hydrogen-bond acceptors (Lipinski definition) is 3. The molecule has 0 aliphatic carbocycles. The van der Waals surface area contributed by atoms with E-state index in [0.29, 0.717) is 5.56 Å². The van der Waals surface area contributed by atoms with Crippen molar-refractivity contribution >= 4 is 0 Å². The van der Waals surface area contributed by atoms with Crippen LogP contribution in [0.5, 0.6) is 0 Å². The fraction of sp³-hybridized carbons (Fsp3) is 0.455. The van der Waals surface area contributed by atoms with E-state index in [1.807, 2.05) is 6.92 Å². The first kappa shape index (κ1) is 12.1. The molecule has 1 rings (SSSR count). The van der Waals surface area contributed by atoms with Crippen LogP contribution in [-0.2, 0) is 0 Å². The highest BCUT2D eigenvalue weighted by molar-refractivity contribution is 5.20. The van der Waals surface area contributed by atoms with Gasteiger partial charge in [0.25, 0.3) is 0 Å². The van der Waals surface area contributed by atoms with Crippen LogP contribution in [0.2, 0.25) is 0 Å². The lowest BCUT2D eigenvalue weighted by Crippen LogP contribution is -2.31. The van der Waals surface area contributed by atoms with Gasteiger partial charge in [-0.1, -0.05) is 18.2 Å². The second kappa shape index (κ2) is 5.80. The highest BCUT2D eigenvalue weighted by Crippen LogP contribution is 2.15. The van der Waals surface area contributed by atoms with Crippen LogP contribution in [0.3, 0.4) is 0 Å². The summed E-state index contributed by atoms with van der Waals surface area (Å²) in [4.78, 5) is 0. The second-order valence-electron chi connectivity index (χ2n) is 3.49. The van der Waals surface area contributed by atoms with E-state index in [1.54, 1.807) is 18.2 Å². The third-order valence-electron chi connectivity index (χ3n) is 2.24. The van der Waals surface area contributed by atoms with Crippen LogP contribution in [0, 0.1) is 5.82 Å². The normalized spacial score (nSPS) is 14.9. The number of benzene rings is 1. The van der Waals surface area contributed by atoms with Crippen molar-refractivity contribution in [2.75, 3.05) is 13.2 Å². The summed E-state index contributed by atoms with van der Waals surface area (Å²) in [6.07, 6.45) is -0.806. The number of aliphatic hydroxyl groups is 2. The lowest BCUT2D eigenvalue weighted by Gasteiger charge is -2.16. The summed E-state index contributed by atoms with van der Waals surface area (Å²) >= 11 is 0. The van der Waals surface area contributed by atoms with E-state index in [1.165, 1.54) is 6.07 Å². The molecule has 0 fully saturated rings. The van der Waals surface area contributed by atoms with Gasteiger partial charge in [-0.05, 0) is 13.0 Å². The molecule has 4 heteroatoms. The third-order valence-corrected chi connectivity index (χ3v) is 2.24. The van der Waals surface area contributed by atoms with Gasteiger partial charge < -0.3 is 15.5 Å². The average molecular weight is 213 g/mol. The van der Waals surface area contributed by atoms with Gasteiger partial charge in [0.2, 0.25) is 0 Å². The summed E-state index contributed by atoms with van der Waals surface area (Å²) in [5.74, 6) is -0.268. The van der Waals surface area contributed by atoms with Gasteiger partial charge in [-0.3, -0.25) is 0 Å². The van der Waals surface area contributed by atoms with Crippen LogP contribution in [0.15, 0.2) is 24.3 Å². The summed E-state index contributed by atoms with van der Waals surface area (Å²) in [5, 5.41) is 20.7. The molecule has 1 aromatic rings. The van der Waals surface area contributed by atoms with Crippen LogP contribution >= 0.6 is 0 Å². The van der Waals surface area contributed by atoms with Crippen molar-refractivity contribution < 1.29 is 14.6 Å². The van der Waals surface area contributed by atoms with Crippen LogP contribution in [0.25, 0.3) is 0 Å². The Bertz CT molecular complexity index is 306. The maximum absolute atomic E-state index is 13.3. The molecule has 0 aliphatic heterocycles. The Kier molecular flexibility index (Phi) is 4.68. The van der Waals surface area contributed by atoms with Crippen molar-refractivity contribution in [1.82, 2.24) is 5.32 Å². The standard InChI is InChI=1S/C11H16FNO2/c1-8(13-6-9(15)7-14)10-4-2-3-5-11(10)12/h2-5,8-9,13-15H,6-7H2,1H3/t8-,9?/m1/s1. The highest BCUT2D eigenvalue weighted by atomic mass is 19.1. The molecular weight excluding hydrogens is 197 g/mol. The smallest absolute Gasteiger partial charge is 0.127 e. The van der Waals surface area contributed by atoms with Crippen LogP contribution in [-0.4, -0.2) is 29.5 Å². The SMILES string of the molecule is C[C@@H](NCC(O)CO)c1ccccc1F. The monoisotopic (exact) mass is 213 g/mol. The Morgan fingerprint density at radius 2 is 2.07 bits per heavy atom. The zero-order valence-corrected chi connectivity index (χ0v) is 8.65. The van der Waals surface area contributed by atoms with E-state index in [0.717, 1.165) is 0 Å². The van der Waals surface area contributed by atoms with Crippen LogP contribution in [0.1, 0.15) is 18.5 Å². The molecule has 1 aromatic carbocycles. The molecule has 0 bridgehead atoms. The first-order valence-corrected chi connectivity index (χ1v) is 4.92. The minimum Gasteiger partial charge on any atom is -0.394 e. The molecule has 0 aromatic heterocycles. The van der Waals surface area contributed by atoms with Crippen LogP contribution < -0.4 is 5.32 Å². The van der Waals surface area contributed by atoms with Gasteiger partial charge in [0.15, 0.2) is 0 Å². The maximum atomic E-state index is 13.3. The zero-order valence-electron chi connectivity index (χ0n) is 8.65. The first-order chi connectivity index (χ1) is 7.15. The largest absolute Gasteiger partial charge is 0.394 e. The predicted molar refractivity (Wildman–Crippen MR) is 55.9 cm³/mol. The van der Waals surface area contributed by atoms with E-state index >= 15 is 0 Å². The third kappa shape index (κ3) is 3.58. The molecule has 0 amide bonds. The fourth-order valence-corrected chi connectivity index (χ4v) is 1.31. The molecule has 0 radical (unpaired) electrons. The van der Waals surface area contributed by atoms with Gasteiger partial charge in [-0.15, -0.1) is 0 Å². The number of nitrogens with one attached hydrogen (secondary N) is 1. The Morgan fingerprint density at radius 3 is 2.67 bits per heavy atom. The molecular formula is C11H16FNO2. The Balaban J connectivity index is 2.54. The lowest BCUT2D eigenvalue weighted by atomic mass is 10.1. The van der Waals surface area contributed by atoms with Crippen molar-refractivity contribution in [2.24, 2.45) is 0 Å². The number of hydrogen-bond donors (Lipinski definition) is 3. The molecule has 0 saturated carbocycles. The second-order valence-corrected chi connectivity index (χ2v) is 3.49. The van der Waals surface area contributed by atoms with Gasteiger partial charge in [0, 0.05) is 18.2 Å². The van der Waals surface area contributed by atoms with E-state index < -0.39 is 6.10 Å². The van der Waals surface area contributed by atoms with E-state index in [-0.39, 0.29) is 25.0 Å². The topological polar surface area (TPSA) is 52.5 Å². The summed E-state index contributed by atoms with van der Waals surface area (Å²) < 4.78 is 13.3. The van der Waals surface area contributed by atoms with Crippen molar-refractivity contribution in [3.63, 3.8) is 0 Å². The quantitative estimate of drug-likeness (QED) is 0.679. The van der Waals surface area contributed by atoms with Gasteiger partial charge in [0.05, 0.1) is 12.7 Å². The maximum Gasteiger partial charge on any atom is 0.127 e. The van der Waals surface area contributed by atoms with Crippen molar-refractivity contribution in [2.45, 2.75) is 19.1 Å². The first-order valence-electron chi connectivity index (χ1n) is 4.92. The minimum atomic E-state index is -0.806. The Morgan fingerprint density at radius 1 is 1.40 bits per heavy atom. The summed E-state index contributed by atoms with van der Waals surface area (Å²) in [5.41, 5.74) is 0.558. The van der Waals surface area contributed by atoms with Crippen molar-refractivity contribution in [3.05, 3.63) is 35.6 Å². The van der Waals surface area contributed by atoms with E-state index in [4.69, 9.17) is 10.2 Å². The molecule has 0 heterocycles. The zero-order chi connectivity index (χ0) is 11.3. The molecule has 3 nitrogen and oxygen atoms in total. The summed E-state index contributed by atoms with van der Waals surface area (Å²) in [7, 11) is 0. The van der Waals surface area contributed by atoms with E-state index in [2.05, 4.69) is 5.32 Å². The molecule has 0 spiro atoms. The van der Waals surface area contributed by atoms with Crippen LogP contribution in [0.4, 0.5) is 4.39 Å². The number of halogens is 1. The van der Waals surface area contributed by atoms with Crippen molar-refractivity contribution in [1.29, 1.82) is 0 Å². The average Bonchev–Trinajstić information content (AvgIpc) is 2.26. The summed E-state index contributed by atoms with van der Waals surface area (Å²) in [6.45, 7) is 1.76. The van der Waals surface area contributed by atoms with E-state index in [9.17, 15) is 4.39 Å². The Hall–Kier alpha value is -0.970. The van der Waals surface area contributed by atoms with Gasteiger partial charge in [-0.25, -0.2) is 4.39 Å². The molecule has 1 unspecified atom stereocenters. The minimum absolute atomic E-state index is 0.188. The molecule has 0 saturated heterocycles. The van der Waals surface area contributed by atoms with Gasteiger partial charge in [-0.2, -0.15) is 0 Å². The fourth-order valence-electron chi connectivity index (χ4n) is 1.31.